The molecule has 3 aromatic heterocycles. The lowest BCUT2D eigenvalue weighted by Crippen LogP contribution is -2.37. The number of hydrogen-bond acceptors (Lipinski definition) is 9. The molecular weight excluding hydrogens is 621 g/mol. The number of fused-ring (bicyclic) bond motifs is 1. The van der Waals surface area contributed by atoms with Crippen LogP contribution in [-0.4, -0.2) is 66.7 Å². The average molecular weight is 655 g/mol. The van der Waals surface area contributed by atoms with Gasteiger partial charge in [-0.05, 0) is 49.4 Å². The SMILES string of the molecule is CCc1cc(Nc2nccn3c(-c4cn(CC#N)nc4C(F)(F)F)cnc23)ccc1C(=O)NCCNC(=O)[C@@H]1CC[C@H](N)C1.O=CO. The molecule has 17 heteroatoms. The standard InChI is InChI=1S/C29H31F3N10O2.CH2O2/c1-2-17-14-20(5-6-21(17)28(44)37-9-8-36-27(43)18-3-4-19(34)13-18)39-25-26-38-15-23(42(26)12-10-35-25)22-16-41(11-7-33)40-24(22)29(30,31)32;2-1-3/h5-6,10,12,14-16,18-19H,2-4,8-9,11,13,34H2,1H3,(H,35,39)(H,36,43)(H,37,44);1H,(H,2,3)/t18-,19+;/m1./s1. The van der Waals surface area contributed by atoms with Crippen LogP contribution in [-0.2, 0) is 28.7 Å². The van der Waals surface area contributed by atoms with Crippen LogP contribution in [0.2, 0.25) is 0 Å². The van der Waals surface area contributed by atoms with Crippen molar-refractivity contribution in [2.75, 3.05) is 18.4 Å². The second-order valence-electron chi connectivity index (χ2n) is 10.6. The van der Waals surface area contributed by atoms with Gasteiger partial charge in [0.1, 0.15) is 6.54 Å². The molecule has 0 bridgehead atoms. The molecule has 0 unspecified atom stereocenters. The molecule has 1 aromatic carbocycles. The Balaban J connectivity index is 0.00000160. The zero-order chi connectivity index (χ0) is 34.1. The highest BCUT2D eigenvalue weighted by Gasteiger charge is 2.38. The third-order valence-electron chi connectivity index (χ3n) is 7.51. The lowest BCUT2D eigenvalue weighted by Gasteiger charge is -2.14. The number of carbonyl (C=O) groups excluding carboxylic acids is 2. The van der Waals surface area contributed by atoms with Crippen molar-refractivity contribution in [3.63, 3.8) is 0 Å². The van der Waals surface area contributed by atoms with Crippen molar-refractivity contribution < 1.29 is 32.7 Å². The van der Waals surface area contributed by atoms with Crippen LogP contribution in [0.4, 0.5) is 24.7 Å². The van der Waals surface area contributed by atoms with E-state index >= 15 is 0 Å². The van der Waals surface area contributed by atoms with Crippen molar-refractivity contribution >= 4 is 35.4 Å². The summed E-state index contributed by atoms with van der Waals surface area (Å²) in [6.07, 6.45) is 3.48. The molecule has 47 heavy (non-hydrogen) atoms. The molecule has 1 fully saturated rings. The van der Waals surface area contributed by atoms with Crippen molar-refractivity contribution in [1.82, 2.24) is 34.8 Å². The van der Waals surface area contributed by atoms with Crippen LogP contribution in [0.3, 0.4) is 0 Å². The number of carbonyl (C=O) groups is 3. The molecule has 1 aliphatic carbocycles. The van der Waals surface area contributed by atoms with E-state index in [9.17, 15) is 22.8 Å². The summed E-state index contributed by atoms with van der Waals surface area (Å²) in [6, 6.07) is 7.02. The fourth-order valence-corrected chi connectivity index (χ4v) is 5.36. The fourth-order valence-electron chi connectivity index (χ4n) is 5.36. The number of anilines is 2. The van der Waals surface area contributed by atoms with Gasteiger partial charge in [-0.2, -0.15) is 23.5 Å². The van der Waals surface area contributed by atoms with Crippen LogP contribution in [0.25, 0.3) is 16.9 Å². The highest BCUT2D eigenvalue weighted by atomic mass is 19.4. The third-order valence-corrected chi connectivity index (χ3v) is 7.51. The topological polar surface area (TPSA) is 205 Å². The molecular formula is C30H33F3N10O4. The predicted molar refractivity (Wildman–Crippen MR) is 163 cm³/mol. The quantitative estimate of drug-likeness (QED) is 0.125. The van der Waals surface area contributed by atoms with Gasteiger partial charge in [0.15, 0.2) is 17.2 Å². The molecule has 4 aromatic rings. The summed E-state index contributed by atoms with van der Waals surface area (Å²) in [6.45, 7) is 1.90. The average Bonchev–Trinajstić information content (AvgIpc) is 3.78. The van der Waals surface area contributed by atoms with Gasteiger partial charge in [-0.1, -0.05) is 6.92 Å². The predicted octanol–water partition coefficient (Wildman–Crippen LogP) is 3.12. The zero-order valence-electron chi connectivity index (χ0n) is 25.3. The second-order valence-corrected chi connectivity index (χ2v) is 10.6. The summed E-state index contributed by atoms with van der Waals surface area (Å²) in [4.78, 5) is 42.2. The largest absolute Gasteiger partial charge is 0.483 e. The fraction of sp³-hybridized carbons (Fsp3) is 0.367. The van der Waals surface area contributed by atoms with Crippen molar-refractivity contribution in [3.8, 4) is 17.3 Å². The molecule has 5 rings (SSSR count). The molecule has 14 nitrogen and oxygen atoms in total. The van der Waals surface area contributed by atoms with Gasteiger partial charge in [0.2, 0.25) is 5.91 Å². The van der Waals surface area contributed by atoms with E-state index in [1.54, 1.807) is 24.3 Å². The molecule has 1 aliphatic rings. The Bertz CT molecular complexity index is 1780. The Hall–Kier alpha value is -5.50. The van der Waals surface area contributed by atoms with Gasteiger partial charge in [-0.25, -0.2) is 9.97 Å². The molecule has 0 aliphatic heterocycles. The number of nitrogens with one attached hydrogen (secondary N) is 3. The number of aromatic nitrogens is 5. The molecule has 6 N–H and O–H groups in total. The number of aryl methyl sites for hydroxylation is 1. The third kappa shape index (κ3) is 8.21. The summed E-state index contributed by atoms with van der Waals surface area (Å²) in [7, 11) is 0. The first-order chi connectivity index (χ1) is 22.5. The van der Waals surface area contributed by atoms with Gasteiger partial charge in [0.25, 0.3) is 12.4 Å². The highest BCUT2D eigenvalue weighted by molar-refractivity contribution is 5.96. The van der Waals surface area contributed by atoms with Crippen LogP contribution in [0.5, 0.6) is 0 Å². The number of imidazole rings is 1. The van der Waals surface area contributed by atoms with Gasteiger partial charge in [-0.15, -0.1) is 0 Å². The minimum absolute atomic E-state index is 0.0417. The number of nitrogens with two attached hydrogens (primary N) is 1. The minimum Gasteiger partial charge on any atom is -0.483 e. The van der Waals surface area contributed by atoms with E-state index < -0.39 is 11.9 Å². The monoisotopic (exact) mass is 654 g/mol. The first-order valence-corrected chi connectivity index (χ1v) is 14.6. The van der Waals surface area contributed by atoms with E-state index in [1.807, 2.05) is 6.92 Å². The molecule has 2 amide bonds. The Kier molecular flexibility index (Phi) is 11.1. The number of nitriles is 1. The lowest BCUT2D eigenvalue weighted by molar-refractivity contribution is -0.141. The van der Waals surface area contributed by atoms with Crippen molar-refractivity contribution in [2.24, 2.45) is 11.7 Å². The minimum atomic E-state index is -4.74. The van der Waals surface area contributed by atoms with E-state index in [1.165, 1.54) is 29.2 Å². The smallest absolute Gasteiger partial charge is 0.435 e. The highest BCUT2D eigenvalue weighted by Crippen LogP contribution is 2.37. The summed E-state index contributed by atoms with van der Waals surface area (Å²) in [5, 5.41) is 28.2. The Morgan fingerprint density at radius 1 is 1.21 bits per heavy atom. The molecule has 1 saturated carbocycles. The molecule has 0 spiro atoms. The van der Waals surface area contributed by atoms with Gasteiger partial charge in [0, 0.05) is 54.9 Å². The maximum Gasteiger partial charge on any atom is 0.435 e. The van der Waals surface area contributed by atoms with Gasteiger partial charge < -0.3 is 26.8 Å². The number of benzene rings is 1. The van der Waals surface area contributed by atoms with Gasteiger partial charge in [0.05, 0.1) is 23.5 Å². The van der Waals surface area contributed by atoms with Gasteiger partial charge >= 0.3 is 6.18 Å². The number of hydrogen-bond donors (Lipinski definition) is 5. The Morgan fingerprint density at radius 3 is 2.62 bits per heavy atom. The number of carboxylic acid groups (broad SMARTS) is 1. The first kappa shape index (κ1) is 34.4. The van der Waals surface area contributed by atoms with Crippen molar-refractivity contribution in [3.05, 3.63) is 59.8 Å². The molecule has 3 heterocycles. The van der Waals surface area contributed by atoms with Crippen LogP contribution < -0.4 is 21.7 Å². The normalized spacial score (nSPS) is 15.7. The molecule has 0 saturated heterocycles. The van der Waals surface area contributed by atoms with E-state index in [0.717, 1.165) is 23.1 Å². The summed E-state index contributed by atoms with van der Waals surface area (Å²) >= 11 is 0. The lowest BCUT2D eigenvalue weighted by atomic mass is 10.0. The Morgan fingerprint density at radius 2 is 1.96 bits per heavy atom. The number of nitrogens with zero attached hydrogens (tertiary/aromatic N) is 6. The van der Waals surface area contributed by atoms with Crippen LogP contribution in [0, 0.1) is 17.2 Å². The van der Waals surface area contributed by atoms with Crippen LogP contribution in [0.1, 0.15) is 47.8 Å². The van der Waals surface area contributed by atoms with Crippen LogP contribution in [0.15, 0.2) is 43.0 Å². The summed E-state index contributed by atoms with van der Waals surface area (Å²) in [5.41, 5.74) is 6.78. The molecule has 0 radical (unpaired) electrons. The number of amides is 2. The molecule has 248 valence electrons. The number of alkyl halides is 3. The maximum absolute atomic E-state index is 13.7. The Labute approximate surface area is 266 Å². The first-order valence-electron chi connectivity index (χ1n) is 14.6. The van der Waals surface area contributed by atoms with Gasteiger partial charge in [-0.3, -0.25) is 23.5 Å². The second kappa shape index (κ2) is 15.2. The van der Waals surface area contributed by atoms with E-state index in [4.69, 9.17) is 20.9 Å². The number of rotatable bonds is 10. The van der Waals surface area contributed by atoms with Crippen molar-refractivity contribution in [2.45, 2.75) is 51.4 Å². The summed E-state index contributed by atoms with van der Waals surface area (Å²) in [5.74, 6) is -0.108. The van der Waals surface area contributed by atoms with Crippen molar-refractivity contribution in [1.29, 1.82) is 5.26 Å². The summed E-state index contributed by atoms with van der Waals surface area (Å²) < 4.78 is 43.6. The molecule has 2 atom stereocenters. The number of halogens is 3. The maximum atomic E-state index is 13.7. The zero-order valence-corrected chi connectivity index (χ0v) is 25.3. The van der Waals surface area contributed by atoms with E-state index in [2.05, 4.69) is 31.0 Å². The van der Waals surface area contributed by atoms with E-state index in [0.29, 0.717) is 30.6 Å². The van der Waals surface area contributed by atoms with Crippen LogP contribution >= 0.6 is 0 Å². The van der Waals surface area contributed by atoms with E-state index in [-0.39, 0.29) is 66.1 Å².